The van der Waals surface area contributed by atoms with Crippen molar-refractivity contribution in [1.82, 2.24) is 5.32 Å². The molecule has 1 fully saturated rings. The van der Waals surface area contributed by atoms with E-state index in [1.54, 1.807) is 47.4 Å². The molecule has 3 amide bonds. The molecule has 34 heavy (non-hydrogen) atoms. The van der Waals surface area contributed by atoms with Crippen molar-refractivity contribution in [1.29, 1.82) is 0 Å². The number of rotatable bonds is 4. The summed E-state index contributed by atoms with van der Waals surface area (Å²) < 4.78 is 52.1. The smallest absolute Gasteiger partial charge is 0.326 e. The number of urea groups is 1. The van der Waals surface area contributed by atoms with E-state index in [-0.39, 0.29) is 17.4 Å². The highest BCUT2D eigenvalue weighted by atomic mass is 19.4. The number of carbonyl (C=O) groups is 2. The van der Waals surface area contributed by atoms with E-state index in [0.717, 1.165) is 24.3 Å². The highest BCUT2D eigenvalue weighted by Gasteiger charge is 2.32. The average Bonchev–Trinajstić information content (AvgIpc) is 2.81. The molecular formula is C25H21F4N3O2. The highest BCUT2D eigenvalue weighted by Crippen LogP contribution is 2.30. The fourth-order valence-corrected chi connectivity index (χ4v) is 3.85. The van der Waals surface area contributed by atoms with E-state index < -0.39 is 23.8 Å². The van der Waals surface area contributed by atoms with Crippen LogP contribution in [0.5, 0.6) is 0 Å². The lowest BCUT2D eigenvalue weighted by Gasteiger charge is -2.32. The van der Waals surface area contributed by atoms with Crippen LogP contribution in [-0.2, 0) is 11.0 Å². The van der Waals surface area contributed by atoms with Gasteiger partial charge in [0.2, 0.25) is 5.91 Å². The van der Waals surface area contributed by atoms with Crippen molar-refractivity contribution in [3.63, 3.8) is 0 Å². The number of carbonyl (C=O) groups excluding carboxylic acids is 2. The third-order valence-corrected chi connectivity index (χ3v) is 5.58. The van der Waals surface area contributed by atoms with Gasteiger partial charge < -0.3 is 15.5 Å². The Morgan fingerprint density at radius 2 is 1.62 bits per heavy atom. The lowest BCUT2D eigenvalue weighted by Crippen LogP contribution is -2.53. The number of benzene rings is 3. The minimum atomic E-state index is -4.47. The van der Waals surface area contributed by atoms with Crippen LogP contribution in [0.15, 0.2) is 72.8 Å². The van der Waals surface area contributed by atoms with Crippen LogP contribution in [0, 0.1) is 5.82 Å². The van der Waals surface area contributed by atoms with Crippen LogP contribution in [-0.4, -0.2) is 24.5 Å². The predicted octanol–water partition coefficient (Wildman–Crippen LogP) is 5.83. The van der Waals surface area contributed by atoms with Crippen molar-refractivity contribution in [2.45, 2.75) is 25.1 Å². The quantitative estimate of drug-likeness (QED) is 0.471. The molecule has 1 atom stereocenters. The molecule has 1 aliphatic heterocycles. The maximum atomic E-state index is 14.0. The van der Waals surface area contributed by atoms with Crippen LogP contribution in [0.4, 0.5) is 33.7 Å². The Labute approximate surface area is 193 Å². The maximum Gasteiger partial charge on any atom is 0.416 e. The van der Waals surface area contributed by atoms with E-state index in [9.17, 15) is 27.2 Å². The van der Waals surface area contributed by atoms with Gasteiger partial charge in [-0.05, 0) is 60.9 Å². The van der Waals surface area contributed by atoms with Gasteiger partial charge in [0.05, 0.1) is 5.56 Å². The summed E-state index contributed by atoms with van der Waals surface area (Å²) in [5, 5.41) is 5.04. The first-order valence-corrected chi connectivity index (χ1v) is 10.6. The summed E-state index contributed by atoms with van der Waals surface area (Å²) in [4.78, 5) is 26.9. The van der Waals surface area contributed by atoms with E-state index >= 15 is 0 Å². The van der Waals surface area contributed by atoms with E-state index in [1.807, 2.05) is 0 Å². The second-order valence-electron chi connectivity index (χ2n) is 7.88. The molecule has 0 radical (unpaired) electrons. The third kappa shape index (κ3) is 5.19. The summed E-state index contributed by atoms with van der Waals surface area (Å²) in [6.07, 6.45) is -3.39. The van der Waals surface area contributed by atoms with Gasteiger partial charge in [0.25, 0.3) is 0 Å². The summed E-state index contributed by atoms with van der Waals surface area (Å²) in [5.41, 5.74) is 1.11. The largest absolute Gasteiger partial charge is 0.416 e. The molecule has 1 aliphatic rings. The Morgan fingerprint density at radius 1 is 0.941 bits per heavy atom. The number of hydrogen-bond acceptors (Lipinski definition) is 2. The van der Waals surface area contributed by atoms with Crippen molar-refractivity contribution in [3.8, 4) is 11.1 Å². The number of amides is 3. The highest BCUT2D eigenvalue weighted by molar-refractivity contribution is 6.01. The third-order valence-electron chi connectivity index (χ3n) is 5.58. The van der Waals surface area contributed by atoms with Crippen LogP contribution >= 0.6 is 0 Å². The molecule has 3 aromatic carbocycles. The Kier molecular flexibility index (Phi) is 6.54. The molecule has 176 valence electrons. The monoisotopic (exact) mass is 471 g/mol. The fourth-order valence-electron chi connectivity index (χ4n) is 3.85. The van der Waals surface area contributed by atoms with Crippen molar-refractivity contribution >= 4 is 23.3 Å². The van der Waals surface area contributed by atoms with Gasteiger partial charge in [-0.3, -0.25) is 4.79 Å². The first-order valence-electron chi connectivity index (χ1n) is 10.6. The standard InChI is InChI=1S/C25H21F4N3O2/c26-21-5-2-1-4-20(21)16-7-13-19(14-8-16)32-15-3-6-22(23(32)33)31-24(34)30-18-11-9-17(10-12-18)25(27,28)29/h1-2,4-5,7-14,22H,3,6,15H2,(H2,30,31,34)/t22-/m0/s1. The van der Waals surface area contributed by atoms with Crippen LogP contribution in [0.3, 0.4) is 0 Å². The Hall–Kier alpha value is -3.88. The number of alkyl halides is 3. The lowest BCUT2D eigenvalue weighted by atomic mass is 10.0. The van der Waals surface area contributed by atoms with E-state index in [0.29, 0.717) is 36.2 Å². The maximum absolute atomic E-state index is 14.0. The Bertz CT molecular complexity index is 1180. The van der Waals surface area contributed by atoms with Gasteiger partial charge >= 0.3 is 12.2 Å². The van der Waals surface area contributed by atoms with Crippen LogP contribution in [0.1, 0.15) is 18.4 Å². The molecule has 3 aromatic rings. The molecular weight excluding hydrogens is 450 g/mol. The zero-order valence-corrected chi connectivity index (χ0v) is 17.9. The molecule has 4 rings (SSSR count). The zero-order valence-electron chi connectivity index (χ0n) is 17.9. The van der Waals surface area contributed by atoms with Crippen molar-refractivity contribution in [3.05, 3.63) is 84.2 Å². The molecule has 2 N–H and O–H groups in total. The average molecular weight is 471 g/mol. The minimum Gasteiger partial charge on any atom is -0.326 e. The molecule has 0 unspecified atom stereocenters. The normalized spacial score (nSPS) is 16.3. The first-order chi connectivity index (χ1) is 16.2. The molecule has 0 saturated carbocycles. The molecule has 9 heteroatoms. The summed E-state index contributed by atoms with van der Waals surface area (Å²) in [6.45, 7) is 0.469. The second-order valence-corrected chi connectivity index (χ2v) is 7.88. The molecule has 0 bridgehead atoms. The van der Waals surface area contributed by atoms with Crippen LogP contribution < -0.4 is 15.5 Å². The molecule has 0 aliphatic carbocycles. The molecule has 5 nitrogen and oxygen atoms in total. The van der Waals surface area contributed by atoms with E-state index in [1.165, 1.54) is 6.07 Å². The van der Waals surface area contributed by atoms with Crippen molar-refractivity contribution < 1.29 is 27.2 Å². The molecule has 0 aromatic heterocycles. The second kappa shape index (κ2) is 9.54. The van der Waals surface area contributed by atoms with Gasteiger partial charge in [-0.25, -0.2) is 9.18 Å². The predicted molar refractivity (Wildman–Crippen MR) is 121 cm³/mol. The molecule has 0 spiro atoms. The zero-order chi connectivity index (χ0) is 24.3. The Balaban J connectivity index is 1.40. The molecule has 1 heterocycles. The summed E-state index contributed by atoms with van der Waals surface area (Å²) >= 11 is 0. The van der Waals surface area contributed by atoms with Crippen molar-refractivity contribution in [2.24, 2.45) is 0 Å². The van der Waals surface area contributed by atoms with E-state index in [2.05, 4.69) is 10.6 Å². The van der Waals surface area contributed by atoms with E-state index in [4.69, 9.17) is 0 Å². The number of halogens is 4. The number of nitrogens with zero attached hydrogens (tertiary/aromatic N) is 1. The summed E-state index contributed by atoms with van der Waals surface area (Å²) in [6, 6.07) is 15.9. The van der Waals surface area contributed by atoms with Gasteiger partial charge in [-0.1, -0.05) is 30.3 Å². The van der Waals surface area contributed by atoms with Gasteiger partial charge in [-0.2, -0.15) is 13.2 Å². The minimum absolute atomic E-state index is 0.175. The van der Waals surface area contributed by atoms with Crippen LogP contribution in [0.2, 0.25) is 0 Å². The summed E-state index contributed by atoms with van der Waals surface area (Å²) in [7, 11) is 0. The topological polar surface area (TPSA) is 61.4 Å². The number of anilines is 2. The van der Waals surface area contributed by atoms with Gasteiger partial charge in [-0.15, -0.1) is 0 Å². The van der Waals surface area contributed by atoms with Gasteiger partial charge in [0.1, 0.15) is 11.9 Å². The van der Waals surface area contributed by atoms with Gasteiger partial charge in [0, 0.05) is 23.5 Å². The Morgan fingerprint density at radius 3 is 2.26 bits per heavy atom. The fraction of sp³-hybridized carbons (Fsp3) is 0.200. The van der Waals surface area contributed by atoms with Gasteiger partial charge in [0.15, 0.2) is 0 Å². The lowest BCUT2D eigenvalue weighted by molar-refractivity contribution is -0.137. The first kappa shape index (κ1) is 23.3. The van der Waals surface area contributed by atoms with Crippen LogP contribution in [0.25, 0.3) is 11.1 Å². The van der Waals surface area contributed by atoms with Crippen molar-refractivity contribution in [2.75, 3.05) is 16.8 Å². The number of nitrogens with one attached hydrogen (secondary N) is 2. The summed E-state index contributed by atoms with van der Waals surface area (Å²) in [5.74, 6) is -0.639. The number of hydrogen-bond donors (Lipinski definition) is 2. The SMILES string of the molecule is O=C(Nc1ccc(C(F)(F)F)cc1)N[C@H]1CCCN(c2ccc(-c3ccccc3F)cc2)C1=O. The molecule has 1 saturated heterocycles. The number of piperidine rings is 1.